The Morgan fingerprint density at radius 2 is 1.81 bits per heavy atom. The summed E-state index contributed by atoms with van der Waals surface area (Å²) in [5, 5.41) is 0. The third-order valence-corrected chi connectivity index (χ3v) is 5.79. The molecule has 0 atom stereocenters. The molecule has 1 saturated heterocycles. The minimum absolute atomic E-state index is 0.0390. The Morgan fingerprint density at radius 3 is 2.38 bits per heavy atom. The largest absolute Gasteiger partial charge is 0.301 e. The molecule has 0 N–H and O–H groups in total. The molecule has 0 saturated carbocycles. The monoisotopic (exact) mass is 310 g/mol. The summed E-state index contributed by atoms with van der Waals surface area (Å²) in [6.07, 6.45) is 0.374. The average Bonchev–Trinajstić information content (AvgIpc) is 2.54. The molecule has 6 heteroatoms. The van der Waals surface area contributed by atoms with E-state index in [0.29, 0.717) is 25.1 Å². The second-order valence-electron chi connectivity index (χ2n) is 5.14. The van der Waals surface area contributed by atoms with Crippen molar-refractivity contribution < 1.29 is 13.2 Å². The number of nitrogens with zero attached hydrogens (tertiary/aromatic N) is 2. The number of ketones is 1. The molecule has 1 aliphatic rings. The van der Waals surface area contributed by atoms with Gasteiger partial charge >= 0.3 is 0 Å². The molecule has 0 aliphatic carbocycles. The van der Waals surface area contributed by atoms with E-state index in [4.69, 9.17) is 0 Å². The third-order valence-electron chi connectivity index (χ3n) is 3.89. The third kappa shape index (κ3) is 3.51. The lowest BCUT2D eigenvalue weighted by Crippen LogP contribution is -2.48. The van der Waals surface area contributed by atoms with E-state index in [9.17, 15) is 13.2 Å². The van der Waals surface area contributed by atoms with Crippen LogP contribution in [-0.2, 0) is 10.0 Å². The van der Waals surface area contributed by atoms with E-state index in [0.717, 1.165) is 19.6 Å². The average molecular weight is 310 g/mol. The number of piperazine rings is 1. The Kier molecular flexibility index (Phi) is 5.13. The molecule has 1 aromatic carbocycles. The van der Waals surface area contributed by atoms with Crippen molar-refractivity contribution in [1.82, 2.24) is 9.21 Å². The van der Waals surface area contributed by atoms with E-state index in [1.165, 1.54) is 10.4 Å². The van der Waals surface area contributed by atoms with Gasteiger partial charge in [-0.1, -0.05) is 26.0 Å². The summed E-state index contributed by atoms with van der Waals surface area (Å²) in [7, 11) is -3.50. The second kappa shape index (κ2) is 6.68. The molecule has 0 aromatic heterocycles. The first-order valence-corrected chi connectivity index (χ1v) is 8.78. The maximum absolute atomic E-state index is 12.6. The first kappa shape index (κ1) is 16.1. The number of Topliss-reactive ketones (excluding diaryl/α,β-unsaturated/α-hetero) is 1. The zero-order valence-electron chi connectivity index (χ0n) is 12.6. The number of hydrogen-bond donors (Lipinski definition) is 0. The van der Waals surface area contributed by atoms with E-state index in [1.807, 2.05) is 0 Å². The predicted octanol–water partition coefficient (Wildman–Crippen LogP) is 1.61. The van der Waals surface area contributed by atoms with Crippen LogP contribution < -0.4 is 0 Å². The number of carbonyl (C=O) groups excluding carboxylic acids is 1. The van der Waals surface area contributed by atoms with E-state index < -0.39 is 10.0 Å². The van der Waals surface area contributed by atoms with E-state index in [1.54, 1.807) is 25.1 Å². The Balaban J connectivity index is 2.22. The van der Waals surface area contributed by atoms with Crippen molar-refractivity contribution in [3.63, 3.8) is 0 Å². The Bertz CT molecular complexity index is 605. The first-order valence-electron chi connectivity index (χ1n) is 7.34. The standard InChI is InChI=1S/C15H22N2O3S/c1-3-15(18)13-6-5-7-14(12-13)21(19,20)17-10-8-16(4-2)9-11-17/h5-7,12H,3-4,8-11H2,1-2H3. The quantitative estimate of drug-likeness (QED) is 0.775. The van der Waals surface area contributed by atoms with Crippen LogP contribution in [0.2, 0.25) is 0 Å². The molecule has 116 valence electrons. The zero-order chi connectivity index (χ0) is 15.5. The van der Waals surface area contributed by atoms with Gasteiger partial charge in [0.25, 0.3) is 0 Å². The highest BCUT2D eigenvalue weighted by atomic mass is 32.2. The fraction of sp³-hybridized carbons (Fsp3) is 0.533. The van der Waals surface area contributed by atoms with Gasteiger partial charge < -0.3 is 4.90 Å². The minimum Gasteiger partial charge on any atom is -0.301 e. The van der Waals surface area contributed by atoms with Crippen molar-refractivity contribution in [3.05, 3.63) is 29.8 Å². The molecule has 5 nitrogen and oxygen atoms in total. The Labute approximate surface area is 126 Å². The summed E-state index contributed by atoms with van der Waals surface area (Å²) < 4.78 is 26.8. The van der Waals surface area contributed by atoms with E-state index >= 15 is 0 Å². The predicted molar refractivity (Wildman–Crippen MR) is 81.9 cm³/mol. The molecule has 21 heavy (non-hydrogen) atoms. The zero-order valence-corrected chi connectivity index (χ0v) is 13.4. The molecule has 0 bridgehead atoms. The Hall–Kier alpha value is -1.24. The highest BCUT2D eigenvalue weighted by molar-refractivity contribution is 7.89. The van der Waals surface area contributed by atoms with Gasteiger partial charge in [0.2, 0.25) is 10.0 Å². The van der Waals surface area contributed by atoms with Crippen molar-refractivity contribution >= 4 is 15.8 Å². The van der Waals surface area contributed by atoms with Crippen molar-refractivity contribution in [3.8, 4) is 0 Å². The maximum atomic E-state index is 12.6. The normalized spacial score (nSPS) is 17.8. The molecular weight excluding hydrogens is 288 g/mol. The van der Waals surface area contributed by atoms with Crippen LogP contribution >= 0.6 is 0 Å². The summed E-state index contributed by atoms with van der Waals surface area (Å²) in [4.78, 5) is 14.2. The molecule has 0 spiro atoms. The highest BCUT2D eigenvalue weighted by Gasteiger charge is 2.28. The fourth-order valence-electron chi connectivity index (χ4n) is 2.47. The summed E-state index contributed by atoms with van der Waals surface area (Å²) in [5.41, 5.74) is 0.464. The van der Waals surface area contributed by atoms with Gasteiger partial charge in [-0.25, -0.2) is 8.42 Å². The lowest BCUT2D eigenvalue weighted by atomic mass is 10.1. The molecule has 0 amide bonds. The summed E-state index contributed by atoms with van der Waals surface area (Å²) in [6.45, 7) is 7.29. The van der Waals surface area contributed by atoms with Crippen LogP contribution in [0.3, 0.4) is 0 Å². The van der Waals surface area contributed by atoms with Gasteiger partial charge in [0.15, 0.2) is 5.78 Å². The van der Waals surface area contributed by atoms with Gasteiger partial charge in [-0.3, -0.25) is 4.79 Å². The van der Waals surface area contributed by atoms with Crippen LogP contribution in [0.1, 0.15) is 30.6 Å². The topological polar surface area (TPSA) is 57.7 Å². The maximum Gasteiger partial charge on any atom is 0.243 e. The molecule has 0 unspecified atom stereocenters. The van der Waals surface area contributed by atoms with Crippen LogP contribution in [0.25, 0.3) is 0 Å². The minimum atomic E-state index is -3.50. The van der Waals surface area contributed by atoms with Gasteiger partial charge in [-0.05, 0) is 18.7 Å². The van der Waals surface area contributed by atoms with Crippen LogP contribution in [0, 0.1) is 0 Å². The highest BCUT2D eigenvalue weighted by Crippen LogP contribution is 2.19. The number of benzene rings is 1. The van der Waals surface area contributed by atoms with Crippen molar-refractivity contribution in [2.75, 3.05) is 32.7 Å². The summed E-state index contributed by atoms with van der Waals surface area (Å²) in [5.74, 6) is -0.0390. The van der Waals surface area contributed by atoms with Gasteiger partial charge in [0.1, 0.15) is 0 Å². The lowest BCUT2D eigenvalue weighted by molar-refractivity contribution is 0.0988. The van der Waals surface area contributed by atoms with Crippen molar-refractivity contribution in [1.29, 1.82) is 0 Å². The second-order valence-corrected chi connectivity index (χ2v) is 7.08. The molecule has 1 aromatic rings. The molecule has 0 radical (unpaired) electrons. The van der Waals surface area contributed by atoms with Crippen LogP contribution in [0.15, 0.2) is 29.2 Å². The number of likely N-dealkylation sites (N-methyl/N-ethyl adjacent to an activating group) is 1. The van der Waals surface area contributed by atoms with Gasteiger partial charge in [-0.2, -0.15) is 4.31 Å². The molecule has 1 fully saturated rings. The fourth-order valence-corrected chi connectivity index (χ4v) is 3.94. The molecule has 1 aliphatic heterocycles. The smallest absolute Gasteiger partial charge is 0.243 e. The van der Waals surface area contributed by atoms with Gasteiger partial charge in [0, 0.05) is 38.2 Å². The molecule has 1 heterocycles. The number of sulfonamides is 1. The number of rotatable bonds is 5. The van der Waals surface area contributed by atoms with Crippen LogP contribution in [0.4, 0.5) is 0 Å². The SMILES string of the molecule is CCC(=O)c1cccc(S(=O)(=O)N2CCN(CC)CC2)c1. The van der Waals surface area contributed by atoms with Crippen LogP contribution in [0.5, 0.6) is 0 Å². The van der Waals surface area contributed by atoms with Crippen molar-refractivity contribution in [2.45, 2.75) is 25.2 Å². The number of hydrogen-bond acceptors (Lipinski definition) is 4. The van der Waals surface area contributed by atoms with Crippen LogP contribution in [-0.4, -0.2) is 56.1 Å². The summed E-state index contributed by atoms with van der Waals surface area (Å²) >= 11 is 0. The lowest BCUT2D eigenvalue weighted by Gasteiger charge is -2.33. The van der Waals surface area contributed by atoms with Gasteiger partial charge in [0.05, 0.1) is 4.90 Å². The molecular formula is C15H22N2O3S. The van der Waals surface area contributed by atoms with Crippen molar-refractivity contribution in [2.24, 2.45) is 0 Å². The number of carbonyl (C=O) groups is 1. The molecule has 2 rings (SSSR count). The summed E-state index contributed by atoms with van der Waals surface area (Å²) in [6, 6.07) is 6.36. The van der Waals surface area contributed by atoms with E-state index in [2.05, 4.69) is 11.8 Å². The Morgan fingerprint density at radius 1 is 1.14 bits per heavy atom. The first-order chi connectivity index (χ1) is 9.98. The van der Waals surface area contributed by atoms with E-state index in [-0.39, 0.29) is 10.7 Å². The van der Waals surface area contributed by atoms with Gasteiger partial charge in [-0.15, -0.1) is 0 Å².